The molecular weight excluding hydrogens is 264 g/mol. The molecule has 1 aliphatic rings. The van der Waals surface area contributed by atoms with Gasteiger partial charge in [0.1, 0.15) is 0 Å². The Morgan fingerprint density at radius 3 is 2.59 bits per heavy atom. The van der Waals surface area contributed by atoms with Crippen molar-refractivity contribution in [1.82, 2.24) is 4.98 Å². The zero-order valence-corrected chi connectivity index (χ0v) is 11.1. The van der Waals surface area contributed by atoms with Gasteiger partial charge in [-0.05, 0) is 13.8 Å². The Morgan fingerprint density at radius 2 is 2.12 bits per heavy atom. The van der Waals surface area contributed by atoms with E-state index in [1.165, 1.54) is 0 Å². The monoisotopic (exact) mass is 276 g/mol. The van der Waals surface area contributed by atoms with Gasteiger partial charge in [-0.3, -0.25) is 0 Å². The molecule has 1 aromatic heterocycles. The van der Waals surface area contributed by atoms with Crippen LogP contribution in [0.15, 0.2) is 0 Å². The molecule has 2 heterocycles. The van der Waals surface area contributed by atoms with E-state index in [4.69, 9.17) is 21.4 Å². The minimum atomic E-state index is -1.03. The fraction of sp³-hybridized carbons (Fsp3) is 0.600. The van der Waals surface area contributed by atoms with Gasteiger partial charge >= 0.3 is 5.97 Å². The second-order valence-corrected chi connectivity index (χ2v) is 5.42. The zero-order chi connectivity index (χ0) is 12.6. The number of anilines is 1. The topological polar surface area (TPSA) is 62.7 Å². The van der Waals surface area contributed by atoms with Crippen molar-refractivity contribution in [2.75, 3.05) is 18.0 Å². The molecule has 0 aromatic carbocycles. The highest BCUT2D eigenvalue weighted by molar-refractivity contribution is 7.18. The number of carbonyl (C=O) groups is 1. The molecule has 1 saturated heterocycles. The molecule has 94 valence electrons. The highest BCUT2D eigenvalue weighted by Crippen LogP contribution is 2.31. The van der Waals surface area contributed by atoms with E-state index in [-0.39, 0.29) is 22.2 Å². The van der Waals surface area contributed by atoms with Gasteiger partial charge in [0.15, 0.2) is 15.2 Å². The van der Waals surface area contributed by atoms with Crippen LogP contribution in [0, 0.1) is 0 Å². The molecule has 0 bridgehead atoms. The molecule has 7 heteroatoms. The van der Waals surface area contributed by atoms with Gasteiger partial charge in [-0.1, -0.05) is 22.9 Å². The van der Waals surface area contributed by atoms with Crippen LogP contribution in [0.1, 0.15) is 23.5 Å². The Hall–Kier alpha value is -0.850. The molecule has 5 nitrogen and oxygen atoms in total. The van der Waals surface area contributed by atoms with Crippen LogP contribution in [0.3, 0.4) is 0 Å². The van der Waals surface area contributed by atoms with E-state index in [1.54, 1.807) is 0 Å². The number of carboxylic acids is 1. The number of ether oxygens (including phenoxy) is 1. The van der Waals surface area contributed by atoms with Crippen LogP contribution >= 0.6 is 22.9 Å². The highest BCUT2D eigenvalue weighted by atomic mass is 35.5. The van der Waals surface area contributed by atoms with E-state index in [2.05, 4.69) is 4.98 Å². The van der Waals surface area contributed by atoms with Crippen molar-refractivity contribution in [3.63, 3.8) is 0 Å². The fourth-order valence-corrected chi connectivity index (χ4v) is 3.03. The van der Waals surface area contributed by atoms with Gasteiger partial charge in [0.25, 0.3) is 0 Å². The van der Waals surface area contributed by atoms with E-state index in [9.17, 15) is 4.79 Å². The third kappa shape index (κ3) is 2.70. The summed E-state index contributed by atoms with van der Waals surface area (Å²) in [5.74, 6) is -1.03. The summed E-state index contributed by atoms with van der Waals surface area (Å²) in [5.41, 5.74) is 0. The molecule has 17 heavy (non-hydrogen) atoms. The van der Waals surface area contributed by atoms with Crippen LogP contribution < -0.4 is 4.90 Å². The summed E-state index contributed by atoms with van der Waals surface area (Å²) < 4.78 is 5.61. The number of morpholine rings is 1. The van der Waals surface area contributed by atoms with Crippen molar-refractivity contribution in [3.05, 3.63) is 10.0 Å². The van der Waals surface area contributed by atoms with Gasteiger partial charge in [0, 0.05) is 13.1 Å². The number of carboxylic acid groups (broad SMARTS) is 1. The smallest absolute Gasteiger partial charge is 0.349 e. The van der Waals surface area contributed by atoms with Crippen molar-refractivity contribution in [1.29, 1.82) is 0 Å². The van der Waals surface area contributed by atoms with Gasteiger partial charge < -0.3 is 14.7 Å². The number of thiazole rings is 1. The maximum absolute atomic E-state index is 10.9. The third-order valence-corrected chi connectivity index (χ3v) is 3.95. The molecule has 1 N–H and O–H groups in total. The molecule has 0 spiro atoms. The van der Waals surface area contributed by atoms with Gasteiger partial charge in [-0.15, -0.1) is 0 Å². The Bertz CT molecular complexity index is 427. The van der Waals surface area contributed by atoms with E-state index >= 15 is 0 Å². The maximum Gasteiger partial charge on any atom is 0.349 e. The molecule has 2 atom stereocenters. The highest BCUT2D eigenvalue weighted by Gasteiger charge is 2.26. The van der Waals surface area contributed by atoms with Gasteiger partial charge in [-0.25, -0.2) is 9.78 Å². The summed E-state index contributed by atoms with van der Waals surface area (Å²) in [7, 11) is 0. The second-order valence-electron chi connectivity index (χ2n) is 4.08. The first-order chi connectivity index (χ1) is 7.97. The van der Waals surface area contributed by atoms with E-state index < -0.39 is 5.97 Å². The van der Waals surface area contributed by atoms with Crippen LogP contribution in [0.4, 0.5) is 5.13 Å². The Morgan fingerprint density at radius 1 is 1.53 bits per heavy atom. The normalized spacial score (nSPS) is 25.0. The van der Waals surface area contributed by atoms with Crippen molar-refractivity contribution in [2.24, 2.45) is 0 Å². The first kappa shape index (κ1) is 12.6. The molecule has 1 aromatic rings. The van der Waals surface area contributed by atoms with Crippen molar-refractivity contribution in [2.45, 2.75) is 26.1 Å². The summed E-state index contributed by atoms with van der Waals surface area (Å²) in [4.78, 5) is 17.1. The molecule has 2 rings (SSSR count). The predicted molar refractivity (Wildman–Crippen MR) is 66.3 cm³/mol. The van der Waals surface area contributed by atoms with Crippen molar-refractivity contribution < 1.29 is 14.6 Å². The van der Waals surface area contributed by atoms with E-state index in [0.29, 0.717) is 18.2 Å². The first-order valence-electron chi connectivity index (χ1n) is 5.27. The van der Waals surface area contributed by atoms with Crippen LogP contribution in [0.2, 0.25) is 5.15 Å². The Balaban J connectivity index is 2.22. The lowest BCUT2D eigenvalue weighted by Crippen LogP contribution is -2.45. The summed E-state index contributed by atoms with van der Waals surface area (Å²) in [6.07, 6.45) is 0.212. The molecule has 1 aliphatic heterocycles. The average molecular weight is 277 g/mol. The molecule has 0 unspecified atom stereocenters. The second kappa shape index (κ2) is 4.80. The van der Waals surface area contributed by atoms with Crippen molar-refractivity contribution >= 4 is 34.0 Å². The van der Waals surface area contributed by atoms with Crippen LogP contribution in [0.25, 0.3) is 0 Å². The summed E-state index contributed by atoms with van der Waals surface area (Å²) in [6, 6.07) is 0. The standard InChI is InChI=1S/C10H13ClN2O3S/c1-5-3-13(4-6(2)16-5)10-12-8(11)7(17-10)9(14)15/h5-6H,3-4H2,1-2H3,(H,14,15)/t5-,6+. The van der Waals surface area contributed by atoms with Crippen molar-refractivity contribution in [3.8, 4) is 0 Å². The SMILES string of the molecule is C[C@@H]1CN(c2nc(Cl)c(C(=O)O)s2)C[C@H](C)O1. The van der Waals surface area contributed by atoms with Crippen LogP contribution in [-0.2, 0) is 4.74 Å². The molecule has 0 aliphatic carbocycles. The Labute approximate surface area is 108 Å². The van der Waals surface area contributed by atoms with E-state index in [0.717, 1.165) is 11.3 Å². The molecule has 0 saturated carbocycles. The summed E-state index contributed by atoms with van der Waals surface area (Å²) in [5, 5.41) is 9.63. The summed E-state index contributed by atoms with van der Waals surface area (Å²) >= 11 is 6.90. The number of hydrogen-bond acceptors (Lipinski definition) is 5. The average Bonchev–Trinajstić information content (AvgIpc) is 2.59. The van der Waals surface area contributed by atoms with Crippen LogP contribution in [-0.4, -0.2) is 41.4 Å². The number of hydrogen-bond donors (Lipinski definition) is 1. The maximum atomic E-state index is 10.9. The number of rotatable bonds is 2. The first-order valence-corrected chi connectivity index (χ1v) is 6.47. The third-order valence-electron chi connectivity index (χ3n) is 2.46. The fourth-order valence-electron chi connectivity index (χ4n) is 1.89. The van der Waals surface area contributed by atoms with Gasteiger partial charge in [0.2, 0.25) is 0 Å². The number of aromatic nitrogens is 1. The number of halogens is 1. The Kier molecular flexibility index (Phi) is 3.56. The van der Waals surface area contributed by atoms with Crippen LogP contribution in [0.5, 0.6) is 0 Å². The minimum Gasteiger partial charge on any atom is -0.477 e. The largest absolute Gasteiger partial charge is 0.477 e. The van der Waals surface area contributed by atoms with E-state index in [1.807, 2.05) is 18.7 Å². The number of aromatic carboxylic acids is 1. The quantitative estimate of drug-likeness (QED) is 0.896. The lowest BCUT2D eigenvalue weighted by atomic mass is 10.2. The zero-order valence-electron chi connectivity index (χ0n) is 9.51. The summed E-state index contributed by atoms with van der Waals surface area (Å²) in [6.45, 7) is 5.37. The predicted octanol–water partition coefficient (Wildman–Crippen LogP) is 2.11. The lowest BCUT2D eigenvalue weighted by molar-refractivity contribution is -0.00523. The molecule has 0 radical (unpaired) electrons. The lowest BCUT2D eigenvalue weighted by Gasteiger charge is -2.35. The number of nitrogens with zero attached hydrogens (tertiary/aromatic N) is 2. The molecule has 0 amide bonds. The van der Waals surface area contributed by atoms with Gasteiger partial charge in [0.05, 0.1) is 12.2 Å². The minimum absolute atomic E-state index is 0.0595. The molecule has 1 fully saturated rings. The van der Waals surface area contributed by atoms with Gasteiger partial charge in [-0.2, -0.15) is 0 Å². The molecular formula is C10H13ClN2O3S.